The highest BCUT2D eigenvalue weighted by molar-refractivity contribution is 7.89. The summed E-state index contributed by atoms with van der Waals surface area (Å²) in [6.07, 6.45) is 4.21. The number of nitrogens with one attached hydrogen (secondary N) is 1. The molecule has 2 rings (SSSR count). The van der Waals surface area contributed by atoms with E-state index >= 15 is 0 Å². The van der Waals surface area contributed by atoms with Gasteiger partial charge in [-0.05, 0) is 17.2 Å². The summed E-state index contributed by atoms with van der Waals surface area (Å²) in [6, 6.07) is 6.88. The molecule has 7 heteroatoms. The van der Waals surface area contributed by atoms with Crippen LogP contribution in [0.25, 0.3) is 6.08 Å². The van der Waals surface area contributed by atoms with Gasteiger partial charge in [-0.25, -0.2) is 8.42 Å². The Hall–Kier alpha value is -2.15. The Kier molecular flexibility index (Phi) is 4.13. The van der Waals surface area contributed by atoms with Gasteiger partial charge in [0.05, 0.1) is 18.7 Å². The molecule has 0 bridgehead atoms. The molecule has 1 aromatic rings. The van der Waals surface area contributed by atoms with Crippen LogP contribution in [0.1, 0.15) is 30.5 Å². The van der Waals surface area contributed by atoms with Gasteiger partial charge in [-0.1, -0.05) is 24.3 Å². The van der Waals surface area contributed by atoms with Crippen molar-refractivity contribution in [2.75, 3.05) is 6.26 Å². The summed E-state index contributed by atoms with van der Waals surface area (Å²) in [5, 5.41) is 0. The summed E-state index contributed by atoms with van der Waals surface area (Å²) in [6.45, 7) is 1.40. The van der Waals surface area contributed by atoms with E-state index in [0.717, 1.165) is 17.4 Å². The van der Waals surface area contributed by atoms with Crippen molar-refractivity contribution in [2.45, 2.75) is 19.4 Å². The molecule has 6 nitrogen and oxygen atoms in total. The first kappa shape index (κ1) is 15.2. The van der Waals surface area contributed by atoms with Crippen molar-refractivity contribution >= 4 is 27.9 Å². The van der Waals surface area contributed by atoms with Gasteiger partial charge < -0.3 is 4.90 Å². The first-order chi connectivity index (χ1) is 9.78. The largest absolute Gasteiger partial charge is 0.311 e. The fourth-order valence-electron chi connectivity index (χ4n) is 2.34. The van der Waals surface area contributed by atoms with Gasteiger partial charge in [0, 0.05) is 13.1 Å². The first-order valence-electron chi connectivity index (χ1n) is 6.34. The van der Waals surface area contributed by atoms with Gasteiger partial charge in [0.25, 0.3) is 0 Å². The number of sulfonamides is 1. The smallest absolute Gasteiger partial charge is 0.235 e. The Morgan fingerprint density at radius 2 is 1.95 bits per heavy atom. The number of benzene rings is 1. The molecule has 0 saturated heterocycles. The summed E-state index contributed by atoms with van der Waals surface area (Å²) in [4.78, 5) is 25.0. The van der Waals surface area contributed by atoms with E-state index in [1.807, 2.05) is 29.0 Å². The Morgan fingerprint density at radius 1 is 1.29 bits per heavy atom. The lowest BCUT2D eigenvalue weighted by Crippen LogP contribution is -2.36. The number of hydrogen-bond acceptors (Lipinski definition) is 4. The molecule has 1 heterocycles. The third-order valence-corrected chi connectivity index (χ3v) is 3.75. The molecule has 0 aromatic heterocycles. The molecular weight excluding hydrogens is 292 g/mol. The molecule has 2 amide bonds. The standard InChI is InChI=1S/C14H16N2O4S/c1-10(17)16-8-7-11-5-3-4-6-12(11)13(16)9-14(18)15-21(2,19)20/h3-8,13H,9H2,1-2H3,(H,15,18)/t13-/m0/s1. The van der Waals surface area contributed by atoms with E-state index in [4.69, 9.17) is 0 Å². The number of fused-ring (bicyclic) bond motifs is 1. The molecule has 21 heavy (non-hydrogen) atoms. The summed E-state index contributed by atoms with van der Waals surface area (Å²) >= 11 is 0. The van der Waals surface area contributed by atoms with Crippen LogP contribution in [-0.2, 0) is 19.6 Å². The Bertz CT molecular complexity index is 709. The Balaban J connectivity index is 2.31. The minimum Gasteiger partial charge on any atom is -0.311 e. The van der Waals surface area contributed by atoms with E-state index in [-0.39, 0.29) is 12.3 Å². The van der Waals surface area contributed by atoms with Gasteiger partial charge >= 0.3 is 0 Å². The zero-order chi connectivity index (χ0) is 15.6. The molecule has 0 saturated carbocycles. The third kappa shape index (κ3) is 3.69. The average molecular weight is 308 g/mol. The molecule has 0 aliphatic carbocycles. The van der Waals surface area contributed by atoms with Crippen LogP contribution >= 0.6 is 0 Å². The molecule has 112 valence electrons. The second-order valence-corrected chi connectivity index (χ2v) is 6.64. The van der Waals surface area contributed by atoms with Crippen LogP contribution in [0.4, 0.5) is 0 Å². The summed E-state index contributed by atoms with van der Waals surface area (Å²) in [5.41, 5.74) is 1.73. The van der Waals surface area contributed by atoms with E-state index < -0.39 is 22.0 Å². The Labute approximate surface area is 123 Å². The molecule has 1 aromatic carbocycles. The second-order valence-electron chi connectivity index (χ2n) is 4.89. The molecule has 1 atom stereocenters. The second kappa shape index (κ2) is 5.69. The highest BCUT2D eigenvalue weighted by Crippen LogP contribution is 2.32. The van der Waals surface area contributed by atoms with Crippen LogP contribution in [0.15, 0.2) is 30.5 Å². The number of nitrogens with zero attached hydrogens (tertiary/aromatic N) is 1. The SMILES string of the molecule is CC(=O)N1C=Cc2ccccc2[C@@H]1CC(=O)NS(C)(=O)=O. The monoisotopic (exact) mass is 308 g/mol. The normalized spacial score (nSPS) is 17.2. The number of rotatable bonds is 3. The van der Waals surface area contributed by atoms with Gasteiger partial charge in [-0.15, -0.1) is 0 Å². The first-order valence-corrected chi connectivity index (χ1v) is 8.24. The van der Waals surface area contributed by atoms with Crippen LogP contribution in [-0.4, -0.2) is 31.4 Å². The number of hydrogen-bond donors (Lipinski definition) is 1. The van der Waals surface area contributed by atoms with Gasteiger partial charge in [-0.2, -0.15) is 0 Å². The molecule has 1 aliphatic heterocycles. The minimum atomic E-state index is -3.61. The van der Waals surface area contributed by atoms with Crippen molar-refractivity contribution in [1.82, 2.24) is 9.62 Å². The third-order valence-electron chi connectivity index (χ3n) is 3.15. The van der Waals surface area contributed by atoms with E-state index in [0.29, 0.717) is 0 Å². The maximum absolute atomic E-state index is 11.9. The lowest BCUT2D eigenvalue weighted by molar-refractivity contribution is -0.129. The van der Waals surface area contributed by atoms with Gasteiger partial charge in [-0.3, -0.25) is 14.3 Å². The number of amides is 2. The van der Waals surface area contributed by atoms with E-state index in [1.54, 1.807) is 12.3 Å². The predicted octanol–water partition coefficient (Wildman–Crippen LogP) is 1.03. The average Bonchev–Trinajstić information content (AvgIpc) is 2.36. The fraction of sp³-hybridized carbons (Fsp3) is 0.286. The quantitative estimate of drug-likeness (QED) is 0.904. The van der Waals surface area contributed by atoms with E-state index in [9.17, 15) is 18.0 Å². The highest BCUT2D eigenvalue weighted by atomic mass is 32.2. The number of carbonyl (C=O) groups excluding carboxylic acids is 2. The van der Waals surface area contributed by atoms with Crippen molar-refractivity contribution in [3.05, 3.63) is 41.6 Å². The summed E-state index contributed by atoms with van der Waals surface area (Å²) < 4.78 is 24.2. The molecule has 1 N–H and O–H groups in total. The van der Waals surface area contributed by atoms with Crippen molar-refractivity contribution in [1.29, 1.82) is 0 Å². The van der Waals surface area contributed by atoms with Gasteiger partial charge in [0.2, 0.25) is 21.8 Å². The van der Waals surface area contributed by atoms with Crippen LogP contribution in [0.5, 0.6) is 0 Å². The molecule has 0 spiro atoms. The highest BCUT2D eigenvalue weighted by Gasteiger charge is 2.28. The minimum absolute atomic E-state index is 0.117. The van der Waals surface area contributed by atoms with Gasteiger partial charge in [0.1, 0.15) is 0 Å². The topological polar surface area (TPSA) is 83.6 Å². The summed E-state index contributed by atoms with van der Waals surface area (Å²) in [5.74, 6) is -0.850. The number of carbonyl (C=O) groups is 2. The maximum atomic E-state index is 11.9. The van der Waals surface area contributed by atoms with Gasteiger partial charge in [0.15, 0.2) is 0 Å². The lowest BCUT2D eigenvalue weighted by atomic mass is 9.94. The molecule has 0 radical (unpaired) electrons. The zero-order valence-electron chi connectivity index (χ0n) is 11.7. The molecule has 0 unspecified atom stereocenters. The lowest BCUT2D eigenvalue weighted by Gasteiger charge is -2.32. The maximum Gasteiger partial charge on any atom is 0.235 e. The van der Waals surface area contributed by atoms with Crippen molar-refractivity contribution in [3.8, 4) is 0 Å². The van der Waals surface area contributed by atoms with E-state index in [2.05, 4.69) is 0 Å². The van der Waals surface area contributed by atoms with Crippen molar-refractivity contribution in [2.24, 2.45) is 0 Å². The van der Waals surface area contributed by atoms with Crippen LogP contribution in [0, 0.1) is 0 Å². The predicted molar refractivity (Wildman–Crippen MR) is 78.3 cm³/mol. The molecular formula is C14H16N2O4S. The molecule has 1 aliphatic rings. The summed E-state index contributed by atoms with van der Waals surface area (Å²) in [7, 11) is -3.61. The van der Waals surface area contributed by atoms with Crippen molar-refractivity contribution < 1.29 is 18.0 Å². The van der Waals surface area contributed by atoms with Crippen molar-refractivity contribution in [3.63, 3.8) is 0 Å². The molecule has 0 fully saturated rings. The van der Waals surface area contributed by atoms with E-state index in [1.165, 1.54) is 11.8 Å². The Morgan fingerprint density at radius 3 is 2.57 bits per heavy atom. The van der Waals surface area contributed by atoms with Crippen LogP contribution < -0.4 is 4.72 Å². The zero-order valence-corrected chi connectivity index (χ0v) is 12.6. The van der Waals surface area contributed by atoms with Crippen LogP contribution in [0.3, 0.4) is 0 Å². The fourth-order valence-corrected chi connectivity index (χ4v) is 2.83. The van der Waals surface area contributed by atoms with Crippen LogP contribution in [0.2, 0.25) is 0 Å².